The number of rotatable bonds is 8. The summed E-state index contributed by atoms with van der Waals surface area (Å²) >= 11 is 0. The van der Waals surface area contributed by atoms with Crippen molar-refractivity contribution < 1.29 is 37.7 Å². The van der Waals surface area contributed by atoms with E-state index in [4.69, 9.17) is 15.6 Å². The number of aromatic hydroxyl groups is 1. The molecule has 0 aliphatic carbocycles. The van der Waals surface area contributed by atoms with Gasteiger partial charge < -0.3 is 25.3 Å². The predicted molar refractivity (Wildman–Crippen MR) is 126 cm³/mol. The van der Waals surface area contributed by atoms with Gasteiger partial charge in [-0.3, -0.25) is 4.79 Å². The quantitative estimate of drug-likeness (QED) is 0.374. The number of ketones is 1. The number of carboxylic acids is 1. The minimum atomic E-state index is -4.86. The molecule has 0 spiro atoms. The Morgan fingerprint density at radius 3 is 2.17 bits per heavy atom. The number of alkyl halides is 3. The molecule has 1 heterocycles. The summed E-state index contributed by atoms with van der Waals surface area (Å²) in [6, 6.07) is 9.17. The van der Waals surface area contributed by atoms with Crippen molar-refractivity contribution in [3.8, 4) is 11.5 Å². The van der Waals surface area contributed by atoms with E-state index in [0.717, 1.165) is 11.6 Å². The molecule has 3 rings (SSSR count). The van der Waals surface area contributed by atoms with Crippen molar-refractivity contribution in [1.29, 1.82) is 0 Å². The smallest absolute Gasteiger partial charge is 0.423 e. The molecule has 0 atom stereocenters. The van der Waals surface area contributed by atoms with Gasteiger partial charge in [0.1, 0.15) is 23.7 Å². The second-order valence-electron chi connectivity index (χ2n) is 8.39. The summed E-state index contributed by atoms with van der Waals surface area (Å²) in [5.74, 6) is -3.20. The van der Waals surface area contributed by atoms with Crippen LogP contribution in [0.25, 0.3) is 0 Å². The number of carbonyl (C=O) groups excluding carboxylic acids is 1. The van der Waals surface area contributed by atoms with Crippen LogP contribution in [-0.4, -0.2) is 31.5 Å². The number of phenolic OH excluding ortho intramolecular Hbond substituents is 1. The van der Waals surface area contributed by atoms with E-state index in [1.165, 1.54) is 18.6 Å². The summed E-state index contributed by atoms with van der Waals surface area (Å²) < 4.78 is 47.3. The van der Waals surface area contributed by atoms with Crippen molar-refractivity contribution in [3.05, 3.63) is 76.9 Å². The highest BCUT2D eigenvalue weighted by atomic mass is 19.4. The normalized spacial score (nSPS) is 11.1. The predicted octanol–water partition coefficient (Wildman–Crippen LogP) is 4.80. The highest BCUT2D eigenvalue weighted by Gasteiger charge is 2.39. The summed E-state index contributed by atoms with van der Waals surface area (Å²) in [7, 11) is 1.72. The zero-order valence-electron chi connectivity index (χ0n) is 20.0. The summed E-state index contributed by atoms with van der Waals surface area (Å²) in [5, 5.41) is 18.4. The lowest BCUT2D eigenvalue weighted by Crippen LogP contribution is -2.12. The van der Waals surface area contributed by atoms with Gasteiger partial charge in [-0.05, 0) is 29.2 Å². The molecule has 1 aromatic heterocycles. The third-order valence-corrected chi connectivity index (χ3v) is 4.89. The Kier molecular flexibility index (Phi) is 9.62. The second kappa shape index (κ2) is 12.2. The molecule has 3 aromatic rings. The van der Waals surface area contributed by atoms with E-state index in [0.29, 0.717) is 12.1 Å². The molecule has 0 amide bonds. The highest BCUT2D eigenvalue weighted by Crippen LogP contribution is 2.44. The summed E-state index contributed by atoms with van der Waals surface area (Å²) in [6.07, 6.45) is -1.93. The van der Waals surface area contributed by atoms with Crippen LogP contribution < -0.4 is 10.5 Å². The van der Waals surface area contributed by atoms with Crippen LogP contribution in [0.2, 0.25) is 0 Å². The van der Waals surface area contributed by atoms with Gasteiger partial charge in [0.2, 0.25) is 0 Å². The first kappa shape index (κ1) is 28.4. The summed E-state index contributed by atoms with van der Waals surface area (Å²) in [4.78, 5) is 25.8. The molecule has 11 heteroatoms. The molecular formula is C25H28F3N3O5. The van der Waals surface area contributed by atoms with Gasteiger partial charge in [-0.2, -0.15) is 13.2 Å². The minimum absolute atomic E-state index is 0.0402. The molecule has 0 saturated carbocycles. The number of aromatic nitrogens is 2. The van der Waals surface area contributed by atoms with E-state index >= 15 is 0 Å². The summed E-state index contributed by atoms with van der Waals surface area (Å²) in [6.45, 7) is 3.78. The number of imidazole rings is 1. The number of nitrogens with zero attached hydrogens (tertiary/aromatic N) is 2. The van der Waals surface area contributed by atoms with Gasteiger partial charge in [0.05, 0.1) is 11.9 Å². The minimum Gasteiger partial charge on any atom is -0.506 e. The van der Waals surface area contributed by atoms with Gasteiger partial charge in [0.15, 0.2) is 11.5 Å². The van der Waals surface area contributed by atoms with E-state index in [9.17, 15) is 27.9 Å². The van der Waals surface area contributed by atoms with Crippen LogP contribution in [-0.2, 0) is 26.4 Å². The van der Waals surface area contributed by atoms with Crippen LogP contribution in [0, 0.1) is 5.92 Å². The molecule has 0 radical (unpaired) electrons. The number of halogens is 3. The Labute approximate surface area is 206 Å². The molecule has 8 nitrogen and oxygen atoms in total. The topological polar surface area (TPSA) is 128 Å². The maximum Gasteiger partial charge on any atom is 0.423 e. The number of carboxylic acid groups (broad SMARTS) is 1. The Morgan fingerprint density at radius 2 is 1.72 bits per heavy atom. The number of hydrogen-bond acceptors (Lipinski definition) is 6. The number of hydrogen-bond donors (Lipinski definition) is 3. The molecule has 0 fully saturated rings. The van der Waals surface area contributed by atoms with Gasteiger partial charge >= 0.3 is 12.1 Å². The molecule has 36 heavy (non-hydrogen) atoms. The molecule has 4 N–H and O–H groups in total. The van der Waals surface area contributed by atoms with Crippen LogP contribution in [0.4, 0.5) is 13.2 Å². The number of benzene rings is 2. The van der Waals surface area contributed by atoms with E-state index in [2.05, 4.69) is 4.98 Å². The van der Waals surface area contributed by atoms with Crippen molar-refractivity contribution in [2.24, 2.45) is 18.7 Å². The van der Waals surface area contributed by atoms with E-state index in [1.807, 2.05) is 0 Å². The van der Waals surface area contributed by atoms with Gasteiger partial charge in [-0.1, -0.05) is 38.1 Å². The molecule has 0 unspecified atom stereocenters. The Hall–Kier alpha value is -3.86. The SMILES string of the molecule is CC(C)CC(=O)c1ccc(OCc2ccc(CN)cc2)c(C(F)(F)F)c1O.Cn1cnc(C(=O)O)c1. The second-order valence-corrected chi connectivity index (χ2v) is 8.39. The Morgan fingerprint density at radius 1 is 1.11 bits per heavy atom. The molecule has 2 aromatic carbocycles. The van der Waals surface area contributed by atoms with Crippen LogP contribution in [0.5, 0.6) is 11.5 Å². The van der Waals surface area contributed by atoms with Gasteiger partial charge in [-0.15, -0.1) is 0 Å². The maximum absolute atomic E-state index is 13.5. The Bertz CT molecular complexity index is 1190. The van der Waals surface area contributed by atoms with E-state index in [1.54, 1.807) is 49.7 Å². The van der Waals surface area contributed by atoms with E-state index in [-0.39, 0.29) is 30.2 Å². The lowest BCUT2D eigenvalue weighted by atomic mass is 9.97. The van der Waals surface area contributed by atoms with Crippen LogP contribution >= 0.6 is 0 Å². The first-order valence-electron chi connectivity index (χ1n) is 10.9. The van der Waals surface area contributed by atoms with Crippen molar-refractivity contribution >= 4 is 11.8 Å². The van der Waals surface area contributed by atoms with Gasteiger partial charge in [0, 0.05) is 26.2 Å². The maximum atomic E-state index is 13.5. The number of ether oxygens (including phenoxy) is 1. The molecule has 194 valence electrons. The van der Waals surface area contributed by atoms with Crippen molar-refractivity contribution in [1.82, 2.24) is 9.55 Å². The fraction of sp³-hybridized carbons (Fsp3) is 0.320. The van der Waals surface area contributed by atoms with Crippen molar-refractivity contribution in [2.45, 2.75) is 39.6 Å². The largest absolute Gasteiger partial charge is 0.506 e. The number of phenols is 1. The van der Waals surface area contributed by atoms with Crippen LogP contribution in [0.3, 0.4) is 0 Å². The first-order valence-corrected chi connectivity index (χ1v) is 10.9. The molecular weight excluding hydrogens is 479 g/mol. The molecule has 0 aliphatic rings. The summed E-state index contributed by atoms with van der Waals surface area (Å²) in [5.41, 5.74) is 5.44. The lowest BCUT2D eigenvalue weighted by molar-refractivity contribution is -0.140. The third kappa shape index (κ3) is 7.84. The van der Waals surface area contributed by atoms with Crippen LogP contribution in [0.1, 0.15) is 57.8 Å². The number of aryl methyl sites for hydroxylation is 1. The first-order chi connectivity index (χ1) is 16.8. The average molecular weight is 508 g/mol. The third-order valence-electron chi connectivity index (χ3n) is 4.89. The van der Waals surface area contributed by atoms with Crippen molar-refractivity contribution in [3.63, 3.8) is 0 Å². The number of carbonyl (C=O) groups is 2. The number of aromatic carboxylic acids is 1. The highest BCUT2D eigenvalue weighted by molar-refractivity contribution is 5.99. The molecule has 0 aliphatic heterocycles. The zero-order valence-corrected chi connectivity index (χ0v) is 20.0. The van der Waals surface area contributed by atoms with Crippen molar-refractivity contribution in [2.75, 3.05) is 0 Å². The lowest BCUT2D eigenvalue weighted by Gasteiger charge is -2.18. The fourth-order valence-corrected chi connectivity index (χ4v) is 3.13. The molecule has 0 saturated heterocycles. The monoisotopic (exact) mass is 507 g/mol. The average Bonchev–Trinajstić information content (AvgIpc) is 3.23. The standard InChI is InChI=1S/C20H22F3NO3.C5H6N2O2/c1-12(2)9-16(25)15-7-8-17(18(19(15)26)20(21,22)23)27-11-14-5-3-13(10-24)4-6-14;1-7-2-4(5(8)9)6-3-7/h3-8,12,26H,9-11,24H2,1-2H3;2-3H,1H3,(H,8,9). The fourth-order valence-electron chi connectivity index (χ4n) is 3.13. The molecule has 0 bridgehead atoms. The van der Waals surface area contributed by atoms with Gasteiger partial charge in [0.25, 0.3) is 0 Å². The van der Waals surface area contributed by atoms with Crippen LogP contribution in [0.15, 0.2) is 48.9 Å². The number of Topliss-reactive ketones (excluding diaryl/α,β-unsaturated/α-hetero) is 1. The zero-order chi connectivity index (χ0) is 27.0. The van der Waals surface area contributed by atoms with Gasteiger partial charge in [-0.25, -0.2) is 9.78 Å². The van der Waals surface area contributed by atoms with E-state index < -0.39 is 35.0 Å². The number of nitrogens with two attached hydrogens (primary N) is 1. The Balaban J connectivity index is 0.000000425.